The molecule has 7 nitrogen and oxygen atoms in total. The van der Waals surface area contributed by atoms with Crippen molar-refractivity contribution in [3.63, 3.8) is 0 Å². The van der Waals surface area contributed by atoms with Crippen molar-refractivity contribution < 1.29 is 14.5 Å². The van der Waals surface area contributed by atoms with Crippen LogP contribution in [0, 0.1) is 21.4 Å². The Morgan fingerprint density at radius 2 is 2.10 bits per heavy atom. The van der Waals surface area contributed by atoms with Gasteiger partial charge in [-0.3, -0.25) is 15.4 Å². The first kappa shape index (κ1) is 15.9. The highest BCUT2D eigenvalue weighted by molar-refractivity contribution is 9.10. The van der Waals surface area contributed by atoms with E-state index in [0.717, 1.165) is 6.07 Å². The predicted octanol–water partition coefficient (Wildman–Crippen LogP) is 3.58. The van der Waals surface area contributed by atoms with Crippen LogP contribution in [0.1, 0.15) is 26.3 Å². The molecule has 0 aromatic heterocycles. The molecular formula is C12H12BrN3O4. The molecule has 1 N–H and O–H groups in total. The number of nitrogens with one attached hydrogen (secondary N) is 1. The number of ether oxygens (including phenoxy) is 1. The molecular weight excluding hydrogens is 330 g/mol. The van der Waals surface area contributed by atoms with Crippen molar-refractivity contribution in [2.75, 3.05) is 5.32 Å². The summed E-state index contributed by atoms with van der Waals surface area (Å²) < 4.78 is 5.36. The maximum Gasteiger partial charge on any atom is 0.412 e. The van der Waals surface area contributed by atoms with Gasteiger partial charge in [-0.1, -0.05) is 0 Å². The quantitative estimate of drug-likeness (QED) is 0.653. The molecule has 0 heterocycles. The molecule has 106 valence electrons. The highest BCUT2D eigenvalue weighted by atomic mass is 79.9. The maximum absolute atomic E-state index is 11.6. The standard InChI is InChI=1S/C12H12BrN3O4/c1-12(2,3)20-11(17)15-9-5-8(13)7(6-14)4-10(9)16(18)19/h4-5H,1-3H3,(H,15,17). The van der Waals surface area contributed by atoms with Gasteiger partial charge in [0.2, 0.25) is 0 Å². The number of nitriles is 1. The van der Waals surface area contributed by atoms with E-state index in [-0.39, 0.29) is 16.9 Å². The summed E-state index contributed by atoms with van der Waals surface area (Å²) in [7, 11) is 0. The Morgan fingerprint density at radius 1 is 1.50 bits per heavy atom. The molecule has 0 aliphatic heterocycles. The fourth-order valence-corrected chi connectivity index (χ4v) is 1.74. The topological polar surface area (TPSA) is 105 Å². The Hall–Kier alpha value is -2.14. The van der Waals surface area contributed by atoms with Crippen molar-refractivity contribution in [2.24, 2.45) is 0 Å². The Balaban J connectivity index is 3.12. The van der Waals surface area contributed by atoms with E-state index in [0.29, 0.717) is 4.47 Å². The summed E-state index contributed by atoms with van der Waals surface area (Å²) in [5, 5.41) is 22.1. The number of anilines is 1. The number of nitrogens with zero attached hydrogens (tertiary/aromatic N) is 2. The van der Waals surface area contributed by atoms with Crippen molar-refractivity contribution >= 4 is 33.4 Å². The third kappa shape index (κ3) is 4.20. The number of hydrogen-bond donors (Lipinski definition) is 1. The molecule has 0 radical (unpaired) electrons. The highest BCUT2D eigenvalue weighted by Crippen LogP contribution is 2.31. The van der Waals surface area contributed by atoms with Gasteiger partial charge in [0.1, 0.15) is 17.4 Å². The monoisotopic (exact) mass is 341 g/mol. The van der Waals surface area contributed by atoms with Crippen molar-refractivity contribution in [1.29, 1.82) is 5.26 Å². The van der Waals surface area contributed by atoms with E-state index in [1.807, 2.05) is 6.07 Å². The van der Waals surface area contributed by atoms with Crippen LogP contribution in [0.25, 0.3) is 0 Å². The summed E-state index contributed by atoms with van der Waals surface area (Å²) in [5.41, 5.74) is -1.04. The molecule has 0 saturated carbocycles. The van der Waals surface area contributed by atoms with E-state index in [4.69, 9.17) is 10.00 Å². The fourth-order valence-electron chi connectivity index (χ4n) is 1.31. The number of amides is 1. The Kier molecular flexibility index (Phi) is 4.68. The number of nitro groups is 1. The predicted molar refractivity (Wildman–Crippen MR) is 75.4 cm³/mol. The molecule has 0 bridgehead atoms. The smallest absolute Gasteiger partial charge is 0.412 e. The Labute approximate surface area is 123 Å². The molecule has 0 unspecified atom stereocenters. The molecule has 1 rings (SSSR count). The normalized spacial score (nSPS) is 10.6. The lowest BCUT2D eigenvalue weighted by Crippen LogP contribution is -2.27. The molecule has 0 atom stereocenters. The first-order valence-electron chi connectivity index (χ1n) is 5.52. The summed E-state index contributed by atoms with van der Waals surface area (Å²) in [6.07, 6.45) is -0.808. The SMILES string of the molecule is CC(C)(C)OC(=O)Nc1cc(Br)c(C#N)cc1[N+](=O)[O-]. The van der Waals surface area contributed by atoms with Gasteiger partial charge in [0.15, 0.2) is 0 Å². The van der Waals surface area contributed by atoms with Gasteiger partial charge < -0.3 is 4.74 Å². The van der Waals surface area contributed by atoms with E-state index in [1.54, 1.807) is 20.8 Å². The van der Waals surface area contributed by atoms with E-state index < -0.39 is 16.6 Å². The van der Waals surface area contributed by atoms with Gasteiger partial charge in [0, 0.05) is 10.5 Å². The van der Waals surface area contributed by atoms with Crippen LogP contribution in [-0.4, -0.2) is 16.6 Å². The van der Waals surface area contributed by atoms with Crippen LogP contribution in [0.5, 0.6) is 0 Å². The molecule has 0 aliphatic carbocycles. The minimum absolute atomic E-state index is 0.0462. The molecule has 0 aliphatic rings. The van der Waals surface area contributed by atoms with E-state index >= 15 is 0 Å². The van der Waals surface area contributed by atoms with E-state index in [2.05, 4.69) is 21.2 Å². The second kappa shape index (κ2) is 5.88. The zero-order chi connectivity index (χ0) is 15.5. The fraction of sp³-hybridized carbons (Fsp3) is 0.333. The number of carbonyl (C=O) groups excluding carboxylic acids is 1. The second-order valence-electron chi connectivity index (χ2n) is 4.85. The molecule has 0 fully saturated rings. The number of carbonyl (C=O) groups is 1. The molecule has 20 heavy (non-hydrogen) atoms. The molecule has 1 aromatic carbocycles. The van der Waals surface area contributed by atoms with Crippen LogP contribution >= 0.6 is 15.9 Å². The van der Waals surface area contributed by atoms with E-state index in [9.17, 15) is 14.9 Å². The van der Waals surface area contributed by atoms with Gasteiger partial charge in [-0.25, -0.2) is 4.79 Å². The lowest BCUT2D eigenvalue weighted by atomic mass is 10.2. The average molecular weight is 342 g/mol. The van der Waals surface area contributed by atoms with Gasteiger partial charge >= 0.3 is 6.09 Å². The number of nitro benzene ring substituents is 1. The van der Waals surface area contributed by atoms with Gasteiger partial charge in [-0.2, -0.15) is 5.26 Å². The first-order valence-corrected chi connectivity index (χ1v) is 6.31. The minimum Gasteiger partial charge on any atom is -0.444 e. The summed E-state index contributed by atoms with van der Waals surface area (Å²) in [5.74, 6) is 0. The first-order chi connectivity index (χ1) is 9.14. The zero-order valence-corrected chi connectivity index (χ0v) is 12.6. The summed E-state index contributed by atoms with van der Waals surface area (Å²) >= 11 is 3.10. The van der Waals surface area contributed by atoms with Gasteiger partial charge in [-0.15, -0.1) is 0 Å². The number of benzene rings is 1. The van der Waals surface area contributed by atoms with Gasteiger partial charge in [-0.05, 0) is 42.8 Å². The maximum atomic E-state index is 11.6. The van der Waals surface area contributed by atoms with Crippen LogP contribution < -0.4 is 5.32 Å². The largest absolute Gasteiger partial charge is 0.444 e. The average Bonchev–Trinajstić information content (AvgIpc) is 2.25. The molecule has 1 aromatic rings. The Bertz CT molecular complexity index is 602. The summed E-state index contributed by atoms with van der Waals surface area (Å²) in [6, 6.07) is 4.19. The van der Waals surface area contributed by atoms with Crippen molar-refractivity contribution in [1.82, 2.24) is 0 Å². The van der Waals surface area contributed by atoms with Gasteiger partial charge in [0.05, 0.1) is 10.5 Å². The Morgan fingerprint density at radius 3 is 2.55 bits per heavy atom. The summed E-state index contributed by atoms with van der Waals surface area (Å²) in [6.45, 7) is 5.03. The lowest BCUT2D eigenvalue weighted by molar-refractivity contribution is -0.384. The van der Waals surface area contributed by atoms with Crippen LogP contribution in [-0.2, 0) is 4.74 Å². The van der Waals surface area contributed by atoms with Crippen LogP contribution in [0.15, 0.2) is 16.6 Å². The lowest BCUT2D eigenvalue weighted by Gasteiger charge is -2.19. The number of hydrogen-bond acceptors (Lipinski definition) is 5. The minimum atomic E-state index is -0.808. The number of rotatable bonds is 2. The molecule has 1 amide bonds. The number of halogens is 1. The third-order valence-electron chi connectivity index (χ3n) is 2.04. The highest BCUT2D eigenvalue weighted by Gasteiger charge is 2.22. The summed E-state index contributed by atoms with van der Waals surface area (Å²) in [4.78, 5) is 21.9. The zero-order valence-electron chi connectivity index (χ0n) is 11.1. The molecule has 0 saturated heterocycles. The van der Waals surface area contributed by atoms with E-state index in [1.165, 1.54) is 6.07 Å². The van der Waals surface area contributed by atoms with Gasteiger partial charge in [0.25, 0.3) is 5.69 Å². The molecule has 0 spiro atoms. The van der Waals surface area contributed by atoms with Crippen LogP contribution in [0.2, 0.25) is 0 Å². The third-order valence-corrected chi connectivity index (χ3v) is 2.69. The van der Waals surface area contributed by atoms with Crippen molar-refractivity contribution in [3.8, 4) is 6.07 Å². The second-order valence-corrected chi connectivity index (χ2v) is 5.70. The van der Waals surface area contributed by atoms with Crippen LogP contribution in [0.3, 0.4) is 0 Å². The molecule has 8 heteroatoms. The van der Waals surface area contributed by atoms with Crippen molar-refractivity contribution in [3.05, 3.63) is 32.3 Å². The van der Waals surface area contributed by atoms with Crippen LogP contribution in [0.4, 0.5) is 16.2 Å². The van der Waals surface area contributed by atoms with Crippen molar-refractivity contribution in [2.45, 2.75) is 26.4 Å².